The lowest BCUT2D eigenvalue weighted by Crippen LogP contribution is -2.19. The second-order valence-electron chi connectivity index (χ2n) is 5.79. The van der Waals surface area contributed by atoms with Crippen LogP contribution in [0.2, 0.25) is 0 Å². The van der Waals surface area contributed by atoms with Crippen molar-refractivity contribution in [2.24, 2.45) is 12.0 Å². The molecule has 1 aromatic carbocycles. The van der Waals surface area contributed by atoms with Crippen LogP contribution in [0.25, 0.3) is 11.0 Å². The first-order valence-corrected chi connectivity index (χ1v) is 7.58. The Morgan fingerprint density at radius 1 is 1.35 bits per heavy atom. The third kappa shape index (κ3) is 2.90. The van der Waals surface area contributed by atoms with Crippen LogP contribution in [0.4, 0.5) is 13.2 Å². The molecule has 0 radical (unpaired) electrons. The van der Waals surface area contributed by atoms with Gasteiger partial charge in [-0.3, -0.25) is 4.99 Å². The first kappa shape index (κ1) is 15.8. The fourth-order valence-electron chi connectivity index (χ4n) is 2.85. The van der Waals surface area contributed by atoms with Crippen molar-refractivity contribution in [2.45, 2.75) is 38.8 Å². The number of para-hydroxylation sites is 2. The molecule has 1 heterocycles. The van der Waals surface area contributed by atoms with Gasteiger partial charge in [0.1, 0.15) is 11.5 Å². The monoisotopic (exact) mass is 321 g/mol. The van der Waals surface area contributed by atoms with Crippen molar-refractivity contribution in [3.8, 4) is 0 Å². The Labute approximate surface area is 132 Å². The molecule has 1 aliphatic rings. The fourth-order valence-corrected chi connectivity index (χ4v) is 2.85. The number of nitrogens with zero attached hydrogens (tertiary/aromatic N) is 3. The number of benzene rings is 1. The van der Waals surface area contributed by atoms with Crippen LogP contribution in [0.3, 0.4) is 0 Å². The molecule has 0 spiro atoms. The topological polar surface area (TPSA) is 30.2 Å². The standard InChI is InChI=1S/C17H18F3N3/c1-4-13(21-10(2)17(18,19)20)11-9-12(11)16-22-14-7-5-6-8-15(14)23(16)3/h5-8,12H,4,9H2,1-3H3. The Morgan fingerprint density at radius 2 is 2.04 bits per heavy atom. The summed E-state index contributed by atoms with van der Waals surface area (Å²) in [6, 6.07) is 7.81. The summed E-state index contributed by atoms with van der Waals surface area (Å²) in [5.74, 6) is 0.971. The van der Waals surface area contributed by atoms with Crippen LogP contribution in [0.15, 0.2) is 40.5 Å². The maximum atomic E-state index is 12.7. The fraction of sp³-hybridized carbons (Fsp3) is 0.412. The second kappa shape index (κ2) is 5.51. The predicted octanol–water partition coefficient (Wildman–Crippen LogP) is 4.75. The van der Waals surface area contributed by atoms with E-state index in [0.717, 1.165) is 35.8 Å². The molecule has 0 aliphatic heterocycles. The molecule has 1 fully saturated rings. The number of rotatable bonds is 3. The number of imidazole rings is 1. The van der Waals surface area contributed by atoms with Gasteiger partial charge in [0.05, 0.1) is 11.0 Å². The summed E-state index contributed by atoms with van der Waals surface area (Å²) in [5, 5.41) is 0. The van der Waals surface area contributed by atoms with E-state index in [2.05, 4.69) is 9.98 Å². The maximum absolute atomic E-state index is 12.7. The lowest BCUT2D eigenvalue weighted by molar-refractivity contribution is -0.0592. The number of aromatic nitrogens is 2. The number of aliphatic imine (C=N–C) groups is 1. The van der Waals surface area contributed by atoms with E-state index in [1.165, 1.54) is 0 Å². The second-order valence-corrected chi connectivity index (χ2v) is 5.79. The van der Waals surface area contributed by atoms with Gasteiger partial charge in [-0.15, -0.1) is 0 Å². The van der Waals surface area contributed by atoms with E-state index in [9.17, 15) is 13.2 Å². The minimum absolute atomic E-state index is 0.0760. The van der Waals surface area contributed by atoms with Crippen LogP contribution in [0.5, 0.6) is 0 Å². The van der Waals surface area contributed by atoms with Crippen LogP contribution in [-0.4, -0.2) is 21.4 Å². The number of hydrogen-bond acceptors (Lipinski definition) is 2. The Balaban J connectivity index is 1.96. The molecule has 1 saturated carbocycles. The first-order chi connectivity index (χ1) is 10.8. The van der Waals surface area contributed by atoms with Crippen molar-refractivity contribution in [3.05, 3.63) is 41.4 Å². The summed E-state index contributed by atoms with van der Waals surface area (Å²) in [6.07, 6.45) is -3.15. The van der Waals surface area contributed by atoms with Crippen molar-refractivity contribution < 1.29 is 13.2 Å². The molecule has 6 heteroatoms. The lowest BCUT2D eigenvalue weighted by Gasteiger charge is -2.06. The molecule has 3 nitrogen and oxygen atoms in total. The van der Waals surface area contributed by atoms with Gasteiger partial charge in [0, 0.05) is 18.7 Å². The molecular formula is C17H18F3N3. The molecule has 0 saturated heterocycles. The van der Waals surface area contributed by atoms with E-state index >= 15 is 0 Å². The molecular weight excluding hydrogens is 303 g/mol. The van der Waals surface area contributed by atoms with E-state index in [1.54, 1.807) is 0 Å². The molecule has 0 bridgehead atoms. The highest BCUT2D eigenvalue weighted by Crippen LogP contribution is 2.49. The van der Waals surface area contributed by atoms with Crippen molar-refractivity contribution >= 4 is 16.7 Å². The van der Waals surface area contributed by atoms with Crippen molar-refractivity contribution in [2.75, 3.05) is 0 Å². The van der Waals surface area contributed by atoms with Gasteiger partial charge >= 0.3 is 6.18 Å². The number of alkyl halides is 3. The van der Waals surface area contributed by atoms with Crippen LogP contribution >= 0.6 is 0 Å². The Morgan fingerprint density at radius 3 is 2.65 bits per heavy atom. The number of fused-ring (bicyclic) bond motifs is 1. The summed E-state index contributed by atoms with van der Waals surface area (Å²) in [6.45, 7) is 2.85. The third-order valence-electron chi connectivity index (χ3n) is 4.24. The molecule has 23 heavy (non-hydrogen) atoms. The van der Waals surface area contributed by atoms with Crippen LogP contribution in [0, 0.1) is 0 Å². The van der Waals surface area contributed by atoms with E-state index < -0.39 is 11.9 Å². The Kier molecular flexibility index (Phi) is 3.78. The maximum Gasteiger partial charge on any atom is 0.429 e. The number of aryl methyl sites for hydroxylation is 1. The van der Waals surface area contributed by atoms with Crippen LogP contribution in [-0.2, 0) is 7.05 Å². The van der Waals surface area contributed by atoms with Gasteiger partial charge < -0.3 is 4.57 Å². The zero-order chi connectivity index (χ0) is 16.8. The average molecular weight is 321 g/mol. The van der Waals surface area contributed by atoms with Gasteiger partial charge in [-0.1, -0.05) is 19.1 Å². The molecule has 1 unspecified atom stereocenters. The molecule has 1 aliphatic carbocycles. The third-order valence-corrected chi connectivity index (χ3v) is 4.24. The summed E-state index contributed by atoms with van der Waals surface area (Å²) in [7, 11) is 1.94. The van der Waals surface area contributed by atoms with Gasteiger partial charge in [0.25, 0.3) is 0 Å². The molecule has 1 aromatic heterocycles. The number of hydrogen-bond donors (Lipinski definition) is 0. The molecule has 2 aromatic rings. The Hall–Kier alpha value is -2.11. The van der Waals surface area contributed by atoms with E-state index in [-0.39, 0.29) is 5.92 Å². The summed E-state index contributed by atoms with van der Waals surface area (Å²) in [4.78, 5) is 8.45. The summed E-state index contributed by atoms with van der Waals surface area (Å²) in [5.41, 5.74) is 2.65. The minimum Gasteiger partial charge on any atom is -0.331 e. The largest absolute Gasteiger partial charge is 0.429 e. The van der Waals surface area contributed by atoms with E-state index in [4.69, 9.17) is 0 Å². The van der Waals surface area contributed by atoms with E-state index in [1.807, 2.05) is 42.8 Å². The number of allylic oxidation sites excluding steroid dienone is 2. The first-order valence-electron chi connectivity index (χ1n) is 7.58. The SMILES string of the molecule is CCC(N=C(C)C(F)(F)F)=C1CC1c1nc2ccccc2n1C. The molecule has 122 valence electrons. The zero-order valence-electron chi connectivity index (χ0n) is 13.3. The van der Waals surface area contributed by atoms with Crippen molar-refractivity contribution in [1.82, 2.24) is 9.55 Å². The molecule has 0 amide bonds. The highest BCUT2D eigenvalue weighted by atomic mass is 19.4. The highest BCUT2D eigenvalue weighted by Gasteiger charge is 2.39. The van der Waals surface area contributed by atoms with Crippen molar-refractivity contribution in [3.63, 3.8) is 0 Å². The van der Waals surface area contributed by atoms with Gasteiger partial charge in [0.2, 0.25) is 0 Å². The van der Waals surface area contributed by atoms with Crippen molar-refractivity contribution in [1.29, 1.82) is 0 Å². The van der Waals surface area contributed by atoms with Gasteiger partial charge in [-0.25, -0.2) is 4.98 Å². The number of halogens is 3. The van der Waals surface area contributed by atoms with Gasteiger partial charge in [-0.2, -0.15) is 13.2 Å². The summed E-state index contributed by atoms with van der Waals surface area (Å²) >= 11 is 0. The summed E-state index contributed by atoms with van der Waals surface area (Å²) < 4.78 is 40.1. The smallest absolute Gasteiger partial charge is 0.331 e. The molecule has 1 atom stereocenters. The van der Waals surface area contributed by atoms with Crippen LogP contribution in [0.1, 0.15) is 38.4 Å². The Bertz CT molecular complexity index is 812. The quantitative estimate of drug-likeness (QED) is 0.750. The molecule has 3 rings (SSSR count). The lowest BCUT2D eigenvalue weighted by atomic mass is 10.2. The van der Waals surface area contributed by atoms with Gasteiger partial charge in [0.15, 0.2) is 0 Å². The zero-order valence-corrected chi connectivity index (χ0v) is 13.3. The predicted molar refractivity (Wildman–Crippen MR) is 84.6 cm³/mol. The van der Waals surface area contributed by atoms with E-state index in [0.29, 0.717) is 12.1 Å². The van der Waals surface area contributed by atoms with Crippen LogP contribution < -0.4 is 0 Å². The highest BCUT2D eigenvalue weighted by molar-refractivity contribution is 5.88. The minimum atomic E-state index is -4.37. The normalized spacial score (nSPS) is 21.0. The molecule has 0 N–H and O–H groups in total. The average Bonchev–Trinajstić information content (AvgIpc) is 3.22. The van der Waals surface area contributed by atoms with Gasteiger partial charge in [-0.05, 0) is 37.5 Å².